The highest BCUT2D eigenvalue weighted by Crippen LogP contribution is 2.37. The van der Waals surface area contributed by atoms with Crippen molar-refractivity contribution in [3.8, 4) is 11.3 Å². The molecule has 2 heterocycles. The zero-order valence-corrected chi connectivity index (χ0v) is 14.6. The van der Waals surface area contributed by atoms with Gasteiger partial charge in [0.25, 0.3) is 5.91 Å². The molecule has 1 amide bonds. The highest BCUT2D eigenvalue weighted by Gasteiger charge is 2.27. The lowest BCUT2D eigenvalue weighted by Crippen LogP contribution is -2.35. The molecule has 0 fully saturated rings. The van der Waals surface area contributed by atoms with E-state index >= 15 is 0 Å². The summed E-state index contributed by atoms with van der Waals surface area (Å²) < 4.78 is 0. The van der Waals surface area contributed by atoms with E-state index in [0.29, 0.717) is 6.54 Å². The predicted molar refractivity (Wildman–Crippen MR) is 104 cm³/mol. The monoisotopic (exact) mass is 340 g/mol. The van der Waals surface area contributed by atoms with Gasteiger partial charge in [0.2, 0.25) is 0 Å². The van der Waals surface area contributed by atoms with Gasteiger partial charge in [-0.25, -0.2) is 4.98 Å². The van der Waals surface area contributed by atoms with Gasteiger partial charge >= 0.3 is 0 Å². The molecule has 1 aliphatic heterocycles. The summed E-state index contributed by atoms with van der Waals surface area (Å²) >= 11 is 0. The van der Waals surface area contributed by atoms with E-state index in [1.807, 2.05) is 29.2 Å². The SMILES string of the molecule is O=C(c1c2c(nc3ccccc13)-c1ccccc1CC2)N1CC=CCC1. The van der Waals surface area contributed by atoms with Gasteiger partial charge in [0, 0.05) is 24.0 Å². The van der Waals surface area contributed by atoms with Crippen LogP contribution in [0.3, 0.4) is 0 Å². The van der Waals surface area contributed by atoms with Crippen LogP contribution in [0.25, 0.3) is 22.2 Å². The quantitative estimate of drug-likeness (QED) is 0.615. The third kappa shape index (κ3) is 2.35. The van der Waals surface area contributed by atoms with Crippen LogP contribution in [-0.2, 0) is 12.8 Å². The molecular weight excluding hydrogens is 320 g/mol. The van der Waals surface area contributed by atoms with Gasteiger partial charge in [0.1, 0.15) is 0 Å². The Morgan fingerprint density at radius 2 is 1.81 bits per heavy atom. The van der Waals surface area contributed by atoms with E-state index in [9.17, 15) is 4.79 Å². The topological polar surface area (TPSA) is 33.2 Å². The van der Waals surface area contributed by atoms with Gasteiger partial charge in [0.05, 0.1) is 16.8 Å². The lowest BCUT2D eigenvalue weighted by molar-refractivity contribution is 0.0772. The zero-order chi connectivity index (χ0) is 17.5. The minimum absolute atomic E-state index is 0.142. The molecule has 3 aromatic rings. The van der Waals surface area contributed by atoms with Crippen molar-refractivity contribution in [2.24, 2.45) is 0 Å². The maximum atomic E-state index is 13.5. The first-order chi connectivity index (χ1) is 12.8. The first kappa shape index (κ1) is 15.3. The molecule has 0 N–H and O–H groups in total. The first-order valence-electron chi connectivity index (χ1n) is 9.27. The Kier molecular flexibility index (Phi) is 3.59. The van der Waals surface area contributed by atoms with Crippen LogP contribution >= 0.6 is 0 Å². The molecule has 0 atom stereocenters. The van der Waals surface area contributed by atoms with E-state index in [-0.39, 0.29) is 5.91 Å². The van der Waals surface area contributed by atoms with E-state index in [2.05, 4.69) is 36.4 Å². The summed E-state index contributed by atoms with van der Waals surface area (Å²) in [5.41, 5.74) is 6.35. The van der Waals surface area contributed by atoms with Crippen LogP contribution in [0.4, 0.5) is 0 Å². The molecule has 0 unspecified atom stereocenters. The molecule has 0 bridgehead atoms. The van der Waals surface area contributed by atoms with Crippen LogP contribution in [-0.4, -0.2) is 28.9 Å². The molecule has 1 aliphatic carbocycles. The molecular formula is C23H20N2O. The third-order valence-corrected chi connectivity index (χ3v) is 5.47. The molecule has 3 heteroatoms. The third-order valence-electron chi connectivity index (χ3n) is 5.47. The summed E-state index contributed by atoms with van der Waals surface area (Å²) in [5, 5.41) is 0.977. The van der Waals surface area contributed by atoms with Crippen molar-refractivity contribution < 1.29 is 4.79 Å². The second kappa shape index (κ2) is 6.10. The number of aryl methyl sites for hydroxylation is 1. The van der Waals surface area contributed by atoms with Crippen LogP contribution in [0.1, 0.15) is 27.9 Å². The van der Waals surface area contributed by atoms with E-state index in [0.717, 1.165) is 53.5 Å². The summed E-state index contributed by atoms with van der Waals surface area (Å²) in [4.78, 5) is 20.4. The Morgan fingerprint density at radius 3 is 2.69 bits per heavy atom. The fourth-order valence-corrected chi connectivity index (χ4v) is 4.17. The number of nitrogens with zero attached hydrogens (tertiary/aromatic N) is 2. The number of hydrogen-bond acceptors (Lipinski definition) is 2. The maximum Gasteiger partial charge on any atom is 0.255 e. The number of aromatic nitrogens is 1. The second-order valence-electron chi connectivity index (χ2n) is 7.00. The molecule has 0 saturated heterocycles. The van der Waals surface area contributed by atoms with Gasteiger partial charge < -0.3 is 4.90 Å². The lowest BCUT2D eigenvalue weighted by Gasteiger charge is -2.28. The number of fused-ring (bicyclic) bond motifs is 4. The summed E-state index contributed by atoms with van der Waals surface area (Å²) in [5.74, 6) is 0.142. The Hall–Kier alpha value is -2.94. The Bertz CT molecular complexity index is 1050. The standard InChI is InChI=1S/C23H20N2O/c26-23(25-14-6-1-7-15-25)21-18-10-4-5-11-20(18)24-22-17-9-3-2-8-16(17)12-13-19(21)22/h1-6,8-11H,7,12-15H2. The summed E-state index contributed by atoms with van der Waals surface area (Å²) in [7, 11) is 0. The normalized spacial score (nSPS) is 15.6. The molecule has 26 heavy (non-hydrogen) atoms. The fourth-order valence-electron chi connectivity index (χ4n) is 4.17. The molecule has 2 aromatic carbocycles. The largest absolute Gasteiger partial charge is 0.335 e. The number of carbonyl (C=O) groups is 1. The van der Waals surface area contributed by atoms with Crippen molar-refractivity contribution in [1.82, 2.24) is 9.88 Å². The summed E-state index contributed by atoms with van der Waals surface area (Å²) in [6, 6.07) is 16.5. The molecule has 1 aromatic heterocycles. The van der Waals surface area contributed by atoms with Gasteiger partial charge in [-0.1, -0.05) is 54.6 Å². The smallest absolute Gasteiger partial charge is 0.255 e. The van der Waals surface area contributed by atoms with Gasteiger partial charge in [-0.3, -0.25) is 4.79 Å². The van der Waals surface area contributed by atoms with Crippen molar-refractivity contribution in [2.75, 3.05) is 13.1 Å². The second-order valence-corrected chi connectivity index (χ2v) is 7.00. The van der Waals surface area contributed by atoms with Crippen molar-refractivity contribution in [1.29, 1.82) is 0 Å². The molecule has 5 rings (SSSR count). The minimum atomic E-state index is 0.142. The highest BCUT2D eigenvalue weighted by atomic mass is 16.2. The average Bonchev–Trinajstić information content (AvgIpc) is 2.72. The minimum Gasteiger partial charge on any atom is -0.335 e. The van der Waals surface area contributed by atoms with E-state index < -0.39 is 0 Å². The number of benzene rings is 2. The Morgan fingerprint density at radius 1 is 0.962 bits per heavy atom. The van der Waals surface area contributed by atoms with Gasteiger partial charge in [-0.05, 0) is 36.5 Å². The van der Waals surface area contributed by atoms with E-state index in [4.69, 9.17) is 4.98 Å². The number of rotatable bonds is 1. The van der Waals surface area contributed by atoms with Gasteiger partial charge in [-0.2, -0.15) is 0 Å². The van der Waals surface area contributed by atoms with Crippen molar-refractivity contribution >= 4 is 16.8 Å². The fraction of sp³-hybridized carbons (Fsp3) is 0.217. The number of hydrogen-bond donors (Lipinski definition) is 0. The molecule has 3 nitrogen and oxygen atoms in total. The highest BCUT2D eigenvalue weighted by molar-refractivity contribution is 6.09. The van der Waals surface area contributed by atoms with Gasteiger partial charge in [-0.15, -0.1) is 0 Å². The van der Waals surface area contributed by atoms with Crippen LogP contribution in [0.15, 0.2) is 60.7 Å². The van der Waals surface area contributed by atoms with Crippen LogP contribution in [0, 0.1) is 0 Å². The van der Waals surface area contributed by atoms with Crippen molar-refractivity contribution in [3.63, 3.8) is 0 Å². The number of pyridine rings is 1. The van der Waals surface area contributed by atoms with Crippen molar-refractivity contribution in [2.45, 2.75) is 19.3 Å². The average molecular weight is 340 g/mol. The maximum absolute atomic E-state index is 13.5. The number of para-hydroxylation sites is 1. The molecule has 2 aliphatic rings. The molecule has 128 valence electrons. The number of amides is 1. The zero-order valence-electron chi connectivity index (χ0n) is 14.6. The number of carbonyl (C=O) groups excluding carboxylic acids is 1. The molecule has 0 saturated carbocycles. The Balaban J connectivity index is 1.77. The molecule has 0 spiro atoms. The molecule has 0 radical (unpaired) electrons. The van der Waals surface area contributed by atoms with Gasteiger partial charge in [0.15, 0.2) is 0 Å². The predicted octanol–water partition coefficient (Wildman–Crippen LogP) is 4.40. The van der Waals surface area contributed by atoms with Crippen LogP contribution in [0.5, 0.6) is 0 Å². The lowest BCUT2D eigenvalue weighted by atomic mass is 9.85. The van der Waals surface area contributed by atoms with Crippen LogP contribution in [0.2, 0.25) is 0 Å². The summed E-state index contributed by atoms with van der Waals surface area (Å²) in [6.45, 7) is 1.48. The Labute approximate surface area is 153 Å². The first-order valence-corrected chi connectivity index (χ1v) is 9.27. The summed E-state index contributed by atoms with van der Waals surface area (Å²) in [6.07, 6.45) is 7.00. The van der Waals surface area contributed by atoms with Crippen molar-refractivity contribution in [3.05, 3.63) is 77.4 Å². The van der Waals surface area contributed by atoms with Crippen LogP contribution < -0.4 is 0 Å². The van der Waals surface area contributed by atoms with E-state index in [1.54, 1.807) is 0 Å². The van der Waals surface area contributed by atoms with E-state index in [1.165, 1.54) is 11.1 Å².